The zero-order chi connectivity index (χ0) is 15.3. The summed E-state index contributed by atoms with van der Waals surface area (Å²) in [5, 5.41) is 7.53. The standard InChI is InChI=1S/C11H13BrClN3O2S2/c1-6-5-7(19-8(6)12)9-14-15-10(20(13,17)18)16(9)11(2,3)4/h5H,1-4H3. The number of nitrogens with zero attached hydrogens (tertiary/aromatic N) is 3. The van der Waals surface area contributed by atoms with Crippen LogP contribution in [-0.4, -0.2) is 23.2 Å². The molecule has 2 aromatic heterocycles. The number of aromatic nitrogens is 3. The van der Waals surface area contributed by atoms with E-state index in [1.807, 2.05) is 33.8 Å². The molecule has 110 valence electrons. The van der Waals surface area contributed by atoms with Crippen molar-refractivity contribution >= 4 is 47.0 Å². The molecule has 0 saturated carbocycles. The fraction of sp³-hybridized carbons (Fsp3) is 0.455. The predicted octanol–water partition coefficient (Wildman–Crippen LogP) is 3.76. The summed E-state index contributed by atoms with van der Waals surface area (Å²) in [5.41, 5.74) is 0.546. The maximum atomic E-state index is 11.7. The molecule has 0 bridgehead atoms. The van der Waals surface area contributed by atoms with Crippen LogP contribution in [-0.2, 0) is 14.6 Å². The largest absolute Gasteiger partial charge is 0.296 e. The van der Waals surface area contributed by atoms with Crippen LogP contribution in [0.4, 0.5) is 0 Å². The summed E-state index contributed by atoms with van der Waals surface area (Å²) >= 11 is 4.93. The van der Waals surface area contributed by atoms with E-state index in [4.69, 9.17) is 10.7 Å². The molecule has 5 nitrogen and oxygen atoms in total. The molecule has 0 saturated heterocycles. The van der Waals surface area contributed by atoms with Crippen LogP contribution >= 0.6 is 37.9 Å². The fourth-order valence-corrected chi connectivity index (χ4v) is 4.29. The van der Waals surface area contributed by atoms with E-state index in [1.165, 1.54) is 11.3 Å². The number of hydrogen-bond donors (Lipinski definition) is 0. The first-order valence-corrected chi connectivity index (χ1v) is 9.60. The first kappa shape index (κ1) is 15.9. The minimum Gasteiger partial charge on any atom is -0.291 e. The summed E-state index contributed by atoms with van der Waals surface area (Å²) in [7, 11) is 1.50. The molecule has 0 aliphatic rings. The van der Waals surface area contributed by atoms with E-state index in [9.17, 15) is 8.42 Å². The van der Waals surface area contributed by atoms with Crippen molar-refractivity contribution in [2.45, 2.75) is 38.4 Å². The van der Waals surface area contributed by atoms with Crippen LogP contribution < -0.4 is 0 Å². The molecule has 0 N–H and O–H groups in total. The quantitative estimate of drug-likeness (QED) is 0.722. The van der Waals surface area contributed by atoms with E-state index in [2.05, 4.69) is 26.1 Å². The Bertz CT molecular complexity index is 740. The molecule has 0 fully saturated rings. The van der Waals surface area contributed by atoms with Gasteiger partial charge in [0.25, 0.3) is 14.2 Å². The van der Waals surface area contributed by atoms with Crippen molar-refractivity contribution in [3.05, 3.63) is 15.4 Å². The van der Waals surface area contributed by atoms with E-state index in [0.717, 1.165) is 14.2 Å². The zero-order valence-electron chi connectivity index (χ0n) is 11.3. The summed E-state index contributed by atoms with van der Waals surface area (Å²) in [4.78, 5) is 0.836. The summed E-state index contributed by atoms with van der Waals surface area (Å²) in [5.74, 6) is 0.496. The smallest absolute Gasteiger partial charge is 0.291 e. The Kier molecular flexibility index (Phi) is 4.05. The van der Waals surface area contributed by atoms with Crippen molar-refractivity contribution in [3.63, 3.8) is 0 Å². The van der Waals surface area contributed by atoms with Gasteiger partial charge in [-0.25, -0.2) is 8.42 Å². The zero-order valence-corrected chi connectivity index (χ0v) is 15.3. The summed E-state index contributed by atoms with van der Waals surface area (Å²) in [6, 6.07) is 1.94. The Hall–Kier alpha value is -0.440. The number of hydrogen-bond acceptors (Lipinski definition) is 5. The van der Waals surface area contributed by atoms with Gasteiger partial charge in [0.1, 0.15) is 0 Å². The van der Waals surface area contributed by atoms with Gasteiger partial charge in [-0.15, -0.1) is 21.5 Å². The lowest BCUT2D eigenvalue weighted by Gasteiger charge is -2.23. The van der Waals surface area contributed by atoms with E-state index in [0.29, 0.717) is 5.82 Å². The van der Waals surface area contributed by atoms with Crippen molar-refractivity contribution in [3.8, 4) is 10.7 Å². The minimum atomic E-state index is -3.95. The second-order valence-electron chi connectivity index (χ2n) is 5.32. The van der Waals surface area contributed by atoms with Gasteiger partial charge in [0.15, 0.2) is 5.82 Å². The molecule has 0 aliphatic carbocycles. The highest BCUT2D eigenvalue weighted by Crippen LogP contribution is 2.37. The number of thiophene rings is 1. The van der Waals surface area contributed by atoms with Crippen LogP contribution in [0.15, 0.2) is 15.0 Å². The first-order valence-electron chi connectivity index (χ1n) is 5.68. The molecule has 20 heavy (non-hydrogen) atoms. The van der Waals surface area contributed by atoms with Gasteiger partial charge in [0, 0.05) is 16.2 Å². The van der Waals surface area contributed by atoms with E-state index in [-0.39, 0.29) is 5.16 Å². The first-order chi connectivity index (χ1) is 9.01. The van der Waals surface area contributed by atoms with Crippen LogP contribution in [0.1, 0.15) is 26.3 Å². The molecule has 0 spiro atoms. The summed E-state index contributed by atoms with van der Waals surface area (Å²) in [6.45, 7) is 7.59. The molecule has 0 radical (unpaired) electrons. The molecule has 2 rings (SSSR count). The SMILES string of the molecule is Cc1cc(-c2nnc(S(=O)(=O)Cl)n2C(C)(C)C)sc1Br. The molecule has 2 heterocycles. The predicted molar refractivity (Wildman–Crippen MR) is 83.8 cm³/mol. The lowest BCUT2D eigenvalue weighted by atomic mass is 10.1. The van der Waals surface area contributed by atoms with Gasteiger partial charge in [-0.1, -0.05) is 0 Å². The second kappa shape index (κ2) is 5.08. The Morgan fingerprint density at radius 2 is 1.95 bits per heavy atom. The third-order valence-corrected chi connectivity index (χ3v) is 5.85. The van der Waals surface area contributed by atoms with Crippen LogP contribution in [0.5, 0.6) is 0 Å². The van der Waals surface area contributed by atoms with Gasteiger partial charge in [-0.2, -0.15) is 0 Å². The number of aryl methyl sites for hydroxylation is 1. The molecule has 0 atom stereocenters. The highest BCUT2D eigenvalue weighted by molar-refractivity contribution is 9.11. The van der Waals surface area contributed by atoms with Gasteiger partial charge in [-0.3, -0.25) is 4.57 Å². The van der Waals surface area contributed by atoms with Crippen LogP contribution in [0.3, 0.4) is 0 Å². The van der Waals surface area contributed by atoms with Gasteiger partial charge < -0.3 is 0 Å². The second-order valence-corrected chi connectivity index (χ2v) is 10.1. The maximum absolute atomic E-state index is 11.7. The normalized spacial score (nSPS) is 12.9. The average molecular weight is 399 g/mol. The van der Waals surface area contributed by atoms with Crippen LogP contribution in [0, 0.1) is 6.92 Å². The Morgan fingerprint density at radius 1 is 1.35 bits per heavy atom. The summed E-state index contributed by atoms with van der Waals surface area (Å²) < 4.78 is 25.8. The molecule has 0 amide bonds. The molecule has 2 aromatic rings. The Morgan fingerprint density at radius 3 is 2.35 bits per heavy atom. The molecular weight excluding hydrogens is 386 g/mol. The van der Waals surface area contributed by atoms with Crippen LogP contribution in [0.2, 0.25) is 0 Å². The minimum absolute atomic E-state index is 0.233. The van der Waals surface area contributed by atoms with Crippen molar-refractivity contribution in [1.82, 2.24) is 14.8 Å². The molecule has 0 aromatic carbocycles. The summed E-state index contributed by atoms with van der Waals surface area (Å²) in [6.07, 6.45) is 0. The van der Waals surface area contributed by atoms with E-state index >= 15 is 0 Å². The van der Waals surface area contributed by atoms with Crippen molar-refractivity contribution in [2.24, 2.45) is 0 Å². The Labute approximate surface area is 134 Å². The van der Waals surface area contributed by atoms with Crippen molar-refractivity contribution in [1.29, 1.82) is 0 Å². The monoisotopic (exact) mass is 397 g/mol. The third-order valence-electron chi connectivity index (χ3n) is 2.60. The Balaban J connectivity index is 2.76. The van der Waals surface area contributed by atoms with Gasteiger partial charge in [-0.05, 0) is 55.3 Å². The molecule has 0 unspecified atom stereocenters. The molecule has 9 heteroatoms. The number of rotatable bonds is 2. The fourth-order valence-electron chi connectivity index (χ4n) is 1.76. The van der Waals surface area contributed by atoms with Gasteiger partial charge in [0.2, 0.25) is 0 Å². The van der Waals surface area contributed by atoms with Gasteiger partial charge in [0.05, 0.1) is 8.66 Å². The molecular formula is C11H13BrClN3O2S2. The lowest BCUT2D eigenvalue weighted by Crippen LogP contribution is -2.25. The lowest BCUT2D eigenvalue weighted by molar-refractivity contribution is 0.367. The third kappa shape index (κ3) is 2.93. The highest BCUT2D eigenvalue weighted by atomic mass is 79.9. The highest BCUT2D eigenvalue weighted by Gasteiger charge is 2.30. The maximum Gasteiger partial charge on any atom is 0.296 e. The topological polar surface area (TPSA) is 64.8 Å². The van der Waals surface area contributed by atoms with E-state index in [1.54, 1.807) is 4.57 Å². The van der Waals surface area contributed by atoms with Gasteiger partial charge >= 0.3 is 0 Å². The van der Waals surface area contributed by atoms with Crippen LogP contribution in [0.25, 0.3) is 10.7 Å². The average Bonchev–Trinajstić information content (AvgIpc) is 2.81. The van der Waals surface area contributed by atoms with Crippen molar-refractivity contribution < 1.29 is 8.42 Å². The molecule has 0 aliphatic heterocycles. The van der Waals surface area contributed by atoms with E-state index < -0.39 is 14.6 Å². The van der Waals surface area contributed by atoms with Crippen molar-refractivity contribution in [2.75, 3.05) is 0 Å². The number of halogens is 2.